The second kappa shape index (κ2) is 9.15. The van der Waals surface area contributed by atoms with Crippen LogP contribution in [0.1, 0.15) is 0 Å². The number of pyridine rings is 2. The molecule has 0 saturated heterocycles. The average Bonchev–Trinajstić information content (AvgIpc) is 2.98. The number of nitro groups is 1. The summed E-state index contributed by atoms with van der Waals surface area (Å²) in [6.45, 7) is 0. The molecule has 0 aliphatic rings. The Morgan fingerprint density at radius 1 is 0.641 bits per heavy atom. The first-order chi connectivity index (χ1) is 19.1. The van der Waals surface area contributed by atoms with Gasteiger partial charge in [-0.15, -0.1) is 0 Å². The van der Waals surface area contributed by atoms with Crippen molar-refractivity contribution in [2.75, 3.05) is 4.90 Å². The Morgan fingerprint density at radius 2 is 1.23 bits per heavy atom. The summed E-state index contributed by atoms with van der Waals surface area (Å²) in [7, 11) is 0. The molecule has 0 aliphatic carbocycles. The van der Waals surface area contributed by atoms with Crippen LogP contribution in [0.3, 0.4) is 0 Å². The van der Waals surface area contributed by atoms with Crippen LogP contribution in [0.25, 0.3) is 43.4 Å². The molecular weight excluding hydrogens is 552 g/mol. The second-order valence-corrected chi connectivity index (χ2v) is 10.2. The Bertz CT molecular complexity index is 1950. The number of halogens is 1. The zero-order valence-electron chi connectivity index (χ0n) is 20.5. The number of nitrogens with zero attached hydrogens (tertiary/aromatic N) is 4. The molecule has 0 radical (unpaired) electrons. The molecule has 186 valence electrons. The number of anilines is 3. The van der Waals surface area contributed by atoms with Crippen LogP contribution in [-0.4, -0.2) is 14.9 Å². The summed E-state index contributed by atoms with van der Waals surface area (Å²) in [6.07, 6.45) is 6.92. The third kappa shape index (κ3) is 3.86. The van der Waals surface area contributed by atoms with Crippen molar-refractivity contribution < 1.29 is 4.92 Å². The van der Waals surface area contributed by atoms with E-state index in [1.54, 1.807) is 36.9 Å². The van der Waals surface area contributed by atoms with Crippen LogP contribution in [0, 0.1) is 10.1 Å². The van der Waals surface area contributed by atoms with E-state index in [1.807, 2.05) is 35.2 Å². The fourth-order valence-electron chi connectivity index (χ4n) is 5.43. The van der Waals surface area contributed by atoms with Crippen LogP contribution in [0.15, 0.2) is 120 Å². The van der Waals surface area contributed by atoms with Crippen molar-refractivity contribution in [1.82, 2.24) is 9.97 Å². The summed E-state index contributed by atoms with van der Waals surface area (Å²) in [6, 6.07) is 29.6. The molecule has 7 aromatic rings. The molecule has 0 fully saturated rings. The molecule has 2 aromatic heterocycles. The van der Waals surface area contributed by atoms with Crippen molar-refractivity contribution in [1.29, 1.82) is 0 Å². The number of nitro benzene ring substituents is 1. The summed E-state index contributed by atoms with van der Waals surface area (Å²) in [4.78, 5) is 22.3. The molecule has 0 saturated carbocycles. The molecule has 0 aliphatic heterocycles. The standard InChI is InChI=1S/C32H19BrN4O2/c33-29-7-4-20-1-2-21-17-23(18-22-3-6-27(29)32(20)31(21)22)28-19-26(5-8-30(28)37(38)39)36(24-9-13-34-14-10-24)25-11-15-35-16-12-25/h1-19H. The number of benzene rings is 5. The molecule has 0 amide bonds. The van der Waals surface area contributed by atoms with Crippen molar-refractivity contribution in [3.05, 3.63) is 130 Å². The van der Waals surface area contributed by atoms with Gasteiger partial charge in [-0.1, -0.05) is 46.3 Å². The summed E-state index contributed by atoms with van der Waals surface area (Å²) in [5, 5.41) is 19.0. The van der Waals surface area contributed by atoms with E-state index in [4.69, 9.17) is 0 Å². The first-order valence-electron chi connectivity index (χ1n) is 12.3. The van der Waals surface area contributed by atoms with Crippen LogP contribution in [0.4, 0.5) is 22.7 Å². The van der Waals surface area contributed by atoms with Crippen molar-refractivity contribution in [3.8, 4) is 11.1 Å². The highest BCUT2D eigenvalue weighted by molar-refractivity contribution is 9.10. The van der Waals surface area contributed by atoms with Crippen LogP contribution in [0.5, 0.6) is 0 Å². The normalized spacial score (nSPS) is 11.4. The summed E-state index contributed by atoms with van der Waals surface area (Å²) in [5.41, 5.74) is 3.96. The molecule has 7 heteroatoms. The molecule has 5 aromatic carbocycles. The van der Waals surface area contributed by atoms with Gasteiger partial charge >= 0.3 is 0 Å². The minimum Gasteiger partial charge on any atom is -0.310 e. The van der Waals surface area contributed by atoms with Crippen LogP contribution < -0.4 is 4.90 Å². The Morgan fingerprint density at radius 3 is 1.87 bits per heavy atom. The Balaban J connectivity index is 1.47. The molecule has 0 bridgehead atoms. The Kier molecular flexibility index (Phi) is 5.45. The third-order valence-electron chi connectivity index (χ3n) is 7.13. The molecule has 0 atom stereocenters. The van der Waals surface area contributed by atoms with E-state index in [1.165, 1.54) is 5.39 Å². The summed E-state index contributed by atoms with van der Waals surface area (Å²) < 4.78 is 1.05. The molecule has 0 N–H and O–H groups in total. The number of hydrogen-bond donors (Lipinski definition) is 0. The van der Waals surface area contributed by atoms with E-state index in [2.05, 4.69) is 74.4 Å². The van der Waals surface area contributed by atoms with Crippen molar-refractivity contribution in [3.63, 3.8) is 0 Å². The van der Waals surface area contributed by atoms with Crippen molar-refractivity contribution in [2.24, 2.45) is 0 Å². The van der Waals surface area contributed by atoms with Gasteiger partial charge in [0.1, 0.15) is 0 Å². The first kappa shape index (κ1) is 23.3. The van der Waals surface area contributed by atoms with Crippen molar-refractivity contribution >= 4 is 71.0 Å². The zero-order chi connectivity index (χ0) is 26.5. The maximum Gasteiger partial charge on any atom is 0.277 e. The summed E-state index contributed by atoms with van der Waals surface area (Å²) >= 11 is 3.69. The second-order valence-electron chi connectivity index (χ2n) is 9.33. The van der Waals surface area contributed by atoms with Gasteiger partial charge in [-0.05, 0) is 92.5 Å². The van der Waals surface area contributed by atoms with Gasteiger partial charge in [-0.2, -0.15) is 0 Å². The largest absolute Gasteiger partial charge is 0.310 e. The van der Waals surface area contributed by atoms with Gasteiger partial charge in [0.2, 0.25) is 0 Å². The minimum absolute atomic E-state index is 0.0544. The molecule has 39 heavy (non-hydrogen) atoms. The molecule has 0 spiro atoms. The quantitative estimate of drug-likeness (QED) is 0.117. The lowest BCUT2D eigenvalue weighted by molar-refractivity contribution is -0.384. The van der Waals surface area contributed by atoms with Crippen LogP contribution in [0.2, 0.25) is 0 Å². The van der Waals surface area contributed by atoms with E-state index in [9.17, 15) is 10.1 Å². The molecular formula is C32H19BrN4O2. The van der Waals surface area contributed by atoms with Crippen molar-refractivity contribution in [2.45, 2.75) is 0 Å². The topological polar surface area (TPSA) is 72.2 Å². The van der Waals surface area contributed by atoms with Crippen LogP contribution in [-0.2, 0) is 0 Å². The molecule has 2 heterocycles. The van der Waals surface area contributed by atoms with E-state index < -0.39 is 0 Å². The SMILES string of the molecule is O=[N+]([O-])c1ccc(N(c2ccncc2)c2ccncc2)cc1-c1cc2ccc3ccc(Br)c4ccc(c1)c2c34. The molecule has 6 nitrogen and oxygen atoms in total. The highest BCUT2D eigenvalue weighted by Crippen LogP contribution is 2.43. The van der Waals surface area contributed by atoms with E-state index in [0.717, 1.165) is 54.0 Å². The number of aromatic nitrogens is 2. The Labute approximate surface area is 231 Å². The lowest BCUT2D eigenvalue weighted by Crippen LogP contribution is -2.10. The fraction of sp³-hybridized carbons (Fsp3) is 0. The average molecular weight is 571 g/mol. The lowest BCUT2D eigenvalue weighted by Gasteiger charge is -2.25. The van der Waals surface area contributed by atoms with E-state index in [-0.39, 0.29) is 10.6 Å². The predicted molar refractivity (Wildman–Crippen MR) is 160 cm³/mol. The molecule has 7 rings (SSSR count). The monoisotopic (exact) mass is 570 g/mol. The lowest BCUT2D eigenvalue weighted by atomic mass is 9.91. The van der Waals surface area contributed by atoms with Gasteiger partial charge in [0, 0.05) is 52.4 Å². The van der Waals surface area contributed by atoms with Gasteiger partial charge in [0.15, 0.2) is 0 Å². The fourth-order valence-corrected chi connectivity index (χ4v) is 5.89. The predicted octanol–water partition coefficient (Wildman–Crippen LogP) is 9.18. The molecule has 0 unspecified atom stereocenters. The van der Waals surface area contributed by atoms with Gasteiger partial charge in [-0.25, -0.2) is 0 Å². The van der Waals surface area contributed by atoms with Crippen LogP contribution >= 0.6 is 15.9 Å². The Hall–Kier alpha value is -4.88. The minimum atomic E-state index is -0.316. The third-order valence-corrected chi connectivity index (χ3v) is 7.83. The highest BCUT2D eigenvalue weighted by Gasteiger charge is 2.21. The maximum absolute atomic E-state index is 12.2. The number of rotatable bonds is 5. The van der Waals surface area contributed by atoms with Gasteiger partial charge in [0.05, 0.1) is 10.5 Å². The highest BCUT2D eigenvalue weighted by atomic mass is 79.9. The zero-order valence-corrected chi connectivity index (χ0v) is 22.0. The van der Waals surface area contributed by atoms with Gasteiger partial charge in [-0.3, -0.25) is 20.1 Å². The van der Waals surface area contributed by atoms with Gasteiger partial charge in [0.25, 0.3) is 5.69 Å². The van der Waals surface area contributed by atoms with E-state index in [0.29, 0.717) is 5.56 Å². The maximum atomic E-state index is 12.2. The van der Waals surface area contributed by atoms with Gasteiger partial charge < -0.3 is 4.90 Å². The number of hydrogen-bond acceptors (Lipinski definition) is 5. The first-order valence-corrected chi connectivity index (χ1v) is 13.1. The van der Waals surface area contributed by atoms with E-state index >= 15 is 0 Å². The smallest absolute Gasteiger partial charge is 0.277 e. The summed E-state index contributed by atoms with van der Waals surface area (Å²) in [5.74, 6) is 0.